The van der Waals surface area contributed by atoms with Crippen LogP contribution >= 0.6 is 0 Å². The Morgan fingerprint density at radius 2 is 1.52 bits per heavy atom. The monoisotopic (exact) mass is 338 g/mol. The molecule has 2 aromatic rings. The summed E-state index contributed by atoms with van der Waals surface area (Å²) in [6, 6.07) is 14.8. The summed E-state index contributed by atoms with van der Waals surface area (Å²) in [6.45, 7) is 1.08. The molecular weight excluding hydrogens is 320 g/mol. The molecule has 0 radical (unpaired) electrons. The number of nitro benzene ring substituents is 1. The van der Waals surface area contributed by atoms with Gasteiger partial charge in [-0.1, -0.05) is 18.2 Å². The molecule has 2 aromatic carbocycles. The Labute approximate surface area is 145 Å². The van der Waals surface area contributed by atoms with Crippen LogP contribution in [0.1, 0.15) is 33.6 Å². The minimum Gasteiger partial charge on any atom is -0.339 e. The van der Waals surface area contributed by atoms with Crippen molar-refractivity contribution in [3.8, 4) is 0 Å². The summed E-state index contributed by atoms with van der Waals surface area (Å²) in [7, 11) is 0. The van der Waals surface area contributed by atoms with E-state index in [1.807, 2.05) is 18.2 Å². The predicted octanol–water partition coefficient (Wildman–Crippen LogP) is 3.33. The molecule has 6 heteroatoms. The minimum absolute atomic E-state index is 0.0122. The highest BCUT2D eigenvalue weighted by Crippen LogP contribution is 2.24. The van der Waals surface area contributed by atoms with Crippen LogP contribution in [0.2, 0.25) is 0 Å². The van der Waals surface area contributed by atoms with Crippen LogP contribution in [0.4, 0.5) is 5.69 Å². The van der Waals surface area contributed by atoms with Crippen LogP contribution in [0.3, 0.4) is 0 Å². The van der Waals surface area contributed by atoms with Crippen LogP contribution in [0.5, 0.6) is 0 Å². The van der Waals surface area contributed by atoms with Gasteiger partial charge in [0.2, 0.25) is 0 Å². The third-order valence-corrected chi connectivity index (χ3v) is 4.54. The third-order valence-electron chi connectivity index (χ3n) is 4.54. The average Bonchev–Trinajstić information content (AvgIpc) is 2.67. The zero-order valence-corrected chi connectivity index (χ0v) is 13.6. The minimum atomic E-state index is -0.484. The third kappa shape index (κ3) is 3.74. The number of carbonyl (C=O) groups is 2. The van der Waals surface area contributed by atoms with E-state index in [9.17, 15) is 19.7 Å². The van der Waals surface area contributed by atoms with Crippen molar-refractivity contribution in [3.63, 3.8) is 0 Å². The van der Waals surface area contributed by atoms with Crippen LogP contribution in [0.25, 0.3) is 0 Å². The molecule has 0 atom stereocenters. The van der Waals surface area contributed by atoms with Crippen molar-refractivity contribution >= 4 is 17.4 Å². The summed E-state index contributed by atoms with van der Waals surface area (Å²) in [5.41, 5.74) is 1.11. The summed E-state index contributed by atoms with van der Waals surface area (Å²) in [5, 5.41) is 10.7. The maximum Gasteiger partial charge on any atom is 0.269 e. The quantitative estimate of drug-likeness (QED) is 0.486. The maximum atomic E-state index is 12.6. The molecule has 1 saturated heterocycles. The average molecular weight is 338 g/mol. The Balaban J connectivity index is 1.61. The first-order chi connectivity index (χ1) is 12.1. The molecule has 0 aliphatic carbocycles. The smallest absolute Gasteiger partial charge is 0.269 e. The van der Waals surface area contributed by atoms with Crippen LogP contribution in [0, 0.1) is 16.0 Å². The molecule has 128 valence electrons. The Morgan fingerprint density at radius 1 is 0.920 bits per heavy atom. The van der Waals surface area contributed by atoms with E-state index in [4.69, 9.17) is 0 Å². The first-order valence-electron chi connectivity index (χ1n) is 8.19. The topological polar surface area (TPSA) is 80.5 Å². The van der Waals surface area contributed by atoms with E-state index in [2.05, 4.69) is 0 Å². The van der Waals surface area contributed by atoms with E-state index in [1.54, 1.807) is 17.0 Å². The lowest BCUT2D eigenvalue weighted by atomic mass is 9.88. The van der Waals surface area contributed by atoms with Crippen LogP contribution in [-0.2, 0) is 0 Å². The number of non-ortho nitro benzene ring substituents is 1. The highest BCUT2D eigenvalue weighted by atomic mass is 16.6. The molecule has 1 amide bonds. The molecule has 0 N–H and O–H groups in total. The SMILES string of the molecule is O=C(c1ccc([N+](=O)[O-])cc1)C1CCN(C(=O)c2ccccc2)CC1. The number of nitro groups is 1. The van der Waals surface area contributed by atoms with Gasteiger partial charge < -0.3 is 4.90 Å². The lowest BCUT2D eigenvalue weighted by molar-refractivity contribution is -0.384. The lowest BCUT2D eigenvalue weighted by Crippen LogP contribution is -2.40. The number of carbonyl (C=O) groups excluding carboxylic acids is 2. The fourth-order valence-corrected chi connectivity index (χ4v) is 3.09. The molecule has 0 bridgehead atoms. The van der Waals surface area contributed by atoms with Crippen molar-refractivity contribution < 1.29 is 14.5 Å². The molecule has 6 nitrogen and oxygen atoms in total. The number of amides is 1. The number of rotatable bonds is 4. The number of ketones is 1. The van der Waals surface area contributed by atoms with Crippen molar-refractivity contribution in [2.75, 3.05) is 13.1 Å². The number of Topliss-reactive ketones (excluding diaryl/α,β-unsaturated/α-hetero) is 1. The van der Waals surface area contributed by atoms with E-state index in [-0.39, 0.29) is 23.3 Å². The zero-order valence-electron chi connectivity index (χ0n) is 13.6. The summed E-state index contributed by atoms with van der Waals surface area (Å²) in [6.07, 6.45) is 1.21. The highest BCUT2D eigenvalue weighted by molar-refractivity contribution is 5.98. The fourth-order valence-electron chi connectivity index (χ4n) is 3.09. The van der Waals surface area contributed by atoms with Gasteiger partial charge in [0.05, 0.1) is 4.92 Å². The molecule has 0 saturated carbocycles. The van der Waals surface area contributed by atoms with E-state index < -0.39 is 4.92 Å². The second-order valence-electron chi connectivity index (χ2n) is 6.10. The summed E-state index contributed by atoms with van der Waals surface area (Å²) in [5.74, 6) is -0.176. The van der Waals surface area contributed by atoms with Crippen molar-refractivity contribution in [1.29, 1.82) is 0 Å². The Morgan fingerprint density at radius 3 is 2.08 bits per heavy atom. The van der Waals surface area contributed by atoms with Crippen molar-refractivity contribution in [3.05, 3.63) is 75.8 Å². The molecule has 25 heavy (non-hydrogen) atoms. The number of likely N-dealkylation sites (tertiary alicyclic amines) is 1. The number of hydrogen-bond acceptors (Lipinski definition) is 4. The molecule has 1 aliphatic rings. The number of piperidine rings is 1. The molecule has 3 rings (SSSR count). The molecule has 0 unspecified atom stereocenters. The van der Waals surface area contributed by atoms with Gasteiger partial charge in [-0.25, -0.2) is 0 Å². The van der Waals surface area contributed by atoms with Gasteiger partial charge in [0.1, 0.15) is 0 Å². The predicted molar refractivity (Wildman–Crippen MR) is 92.5 cm³/mol. The number of hydrogen-bond donors (Lipinski definition) is 0. The number of nitrogens with zero attached hydrogens (tertiary/aromatic N) is 2. The first-order valence-corrected chi connectivity index (χ1v) is 8.19. The van der Waals surface area contributed by atoms with Gasteiger partial charge in [0, 0.05) is 42.3 Å². The van der Waals surface area contributed by atoms with Gasteiger partial charge in [0.25, 0.3) is 11.6 Å². The van der Waals surface area contributed by atoms with E-state index >= 15 is 0 Å². The largest absolute Gasteiger partial charge is 0.339 e. The van der Waals surface area contributed by atoms with Gasteiger partial charge in [-0.3, -0.25) is 19.7 Å². The second kappa shape index (κ2) is 7.25. The van der Waals surface area contributed by atoms with Crippen molar-refractivity contribution in [2.45, 2.75) is 12.8 Å². The summed E-state index contributed by atoms with van der Waals surface area (Å²) >= 11 is 0. The first kappa shape index (κ1) is 16.8. The molecule has 1 heterocycles. The zero-order chi connectivity index (χ0) is 17.8. The molecule has 1 fully saturated rings. The maximum absolute atomic E-state index is 12.6. The standard InChI is InChI=1S/C19H18N2O4/c22-18(14-6-8-17(9-7-14)21(24)25)15-10-12-20(13-11-15)19(23)16-4-2-1-3-5-16/h1-9,15H,10-13H2. The molecular formula is C19H18N2O4. The fraction of sp³-hybridized carbons (Fsp3) is 0.263. The van der Waals surface area contributed by atoms with E-state index in [0.29, 0.717) is 37.1 Å². The van der Waals surface area contributed by atoms with Crippen LogP contribution < -0.4 is 0 Å². The van der Waals surface area contributed by atoms with Crippen LogP contribution in [0.15, 0.2) is 54.6 Å². The van der Waals surface area contributed by atoms with Gasteiger partial charge >= 0.3 is 0 Å². The van der Waals surface area contributed by atoms with E-state index in [1.165, 1.54) is 24.3 Å². The Hall–Kier alpha value is -3.02. The van der Waals surface area contributed by atoms with Crippen molar-refractivity contribution in [2.24, 2.45) is 5.92 Å². The van der Waals surface area contributed by atoms with Gasteiger partial charge in [-0.15, -0.1) is 0 Å². The van der Waals surface area contributed by atoms with Crippen molar-refractivity contribution in [1.82, 2.24) is 4.90 Å². The van der Waals surface area contributed by atoms with Gasteiger partial charge in [0.15, 0.2) is 5.78 Å². The Bertz CT molecular complexity index is 779. The normalized spacial score (nSPS) is 15.0. The summed E-state index contributed by atoms with van der Waals surface area (Å²) < 4.78 is 0. The Kier molecular flexibility index (Phi) is 4.88. The lowest BCUT2D eigenvalue weighted by Gasteiger charge is -2.31. The molecule has 0 aromatic heterocycles. The molecule has 0 spiro atoms. The van der Waals surface area contributed by atoms with Crippen LogP contribution in [-0.4, -0.2) is 34.6 Å². The number of benzene rings is 2. The van der Waals surface area contributed by atoms with Gasteiger partial charge in [-0.05, 0) is 37.1 Å². The van der Waals surface area contributed by atoms with Gasteiger partial charge in [-0.2, -0.15) is 0 Å². The highest BCUT2D eigenvalue weighted by Gasteiger charge is 2.28. The van der Waals surface area contributed by atoms with E-state index in [0.717, 1.165) is 0 Å². The molecule has 1 aliphatic heterocycles. The summed E-state index contributed by atoms with van der Waals surface area (Å²) in [4.78, 5) is 37.0. The second-order valence-corrected chi connectivity index (χ2v) is 6.10.